The van der Waals surface area contributed by atoms with Gasteiger partial charge in [-0.3, -0.25) is 0 Å². The molecule has 0 saturated carbocycles. The summed E-state index contributed by atoms with van der Waals surface area (Å²) in [5, 5.41) is 4.96. The smallest absolute Gasteiger partial charge is 0.263 e. The van der Waals surface area contributed by atoms with Crippen LogP contribution in [0.3, 0.4) is 0 Å². The van der Waals surface area contributed by atoms with E-state index in [4.69, 9.17) is 4.52 Å². The van der Waals surface area contributed by atoms with Gasteiger partial charge in [-0.2, -0.15) is 4.98 Å². The SMILES string of the molecule is C[C@@H]1C[C@@H](C)CN(c2ncnc3onc(-c4ccc(F)cc4)c23)C1. The molecule has 4 rings (SSSR count). The van der Waals surface area contributed by atoms with Gasteiger partial charge in [-0.25, -0.2) is 9.37 Å². The van der Waals surface area contributed by atoms with E-state index in [9.17, 15) is 4.39 Å². The number of piperidine rings is 1. The van der Waals surface area contributed by atoms with E-state index in [1.807, 2.05) is 0 Å². The van der Waals surface area contributed by atoms with Crippen molar-refractivity contribution in [3.05, 3.63) is 36.4 Å². The highest BCUT2D eigenvalue weighted by molar-refractivity contribution is 5.97. The third-order valence-corrected chi connectivity index (χ3v) is 4.54. The summed E-state index contributed by atoms with van der Waals surface area (Å²) >= 11 is 0. The normalized spacial score (nSPS) is 21.4. The summed E-state index contributed by atoms with van der Waals surface area (Å²) in [5.41, 5.74) is 1.92. The number of aromatic nitrogens is 3. The van der Waals surface area contributed by atoms with E-state index in [1.165, 1.54) is 24.9 Å². The molecule has 0 spiro atoms. The fourth-order valence-corrected chi connectivity index (χ4v) is 3.65. The lowest BCUT2D eigenvalue weighted by molar-refractivity contribution is 0.356. The van der Waals surface area contributed by atoms with E-state index in [2.05, 4.69) is 33.9 Å². The number of anilines is 1. The third kappa shape index (κ3) is 2.62. The van der Waals surface area contributed by atoms with E-state index in [-0.39, 0.29) is 5.82 Å². The van der Waals surface area contributed by atoms with Crippen LogP contribution in [0.5, 0.6) is 0 Å². The van der Waals surface area contributed by atoms with Crippen LogP contribution in [0.15, 0.2) is 35.1 Å². The largest absolute Gasteiger partial charge is 0.355 e. The lowest BCUT2D eigenvalue weighted by Crippen LogP contribution is -2.39. The van der Waals surface area contributed by atoms with Crippen molar-refractivity contribution >= 4 is 16.9 Å². The topological polar surface area (TPSA) is 55.1 Å². The van der Waals surface area contributed by atoms with Gasteiger partial charge in [0.25, 0.3) is 5.71 Å². The van der Waals surface area contributed by atoms with Crippen molar-refractivity contribution in [2.75, 3.05) is 18.0 Å². The molecule has 3 aromatic rings. The number of nitrogens with zero attached hydrogens (tertiary/aromatic N) is 4. The molecule has 2 aromatic heterocycles. The second-order valence-electron chi connectivity index (χ2n) is 6.77. The number of rotatable bonds is 2. The van der Waals surface area contributed by atoms with E-state index in [1.54, 1.807) is 12.1 Å². The van der Waals surface area contributed by atoms with E-state index in [0.717, 1.165) is 29.9 Å². The van der Waals surface area contributed by atoms with Gasteiger partial charge >= 0.3 is 0 Å². The standard InChI is InChI=1S/C18H19FN4O/c1-11-7-12(2)9-23(8-11)17-15-16(13-3-5-14(19)6-4-13)22-24-18(15)21-10-20-17/h3-6,10-12H,7-9H2,1-2H3/t11-,12-/m1/s1. The predicted molar refractivity (Wildman–Crippen MR) is 90.2 cm³/mol. The summed E-state index contributed by atoms with van der Waals surface area (Å²) in [6.45, 7) is 6.42. The van der Waals surface area contributed by atoms with Gasteiger partial charge in [-0.05, 0) is 42.5 Å². The molecular formula is C18H19FN4O. The van der Waals surface area contributed by atoms with Crippen LogP contribution in [0.2, 0.25) is 0 Å². The molecule has 1 aliphatic rings. The Balaban J connectivity index is 1.84. The molecule has 6 heteroatoms. The average Bonchev–Trinajstić information content (AvgIpc) is 2.99. The van der Waals surface area contributed by atoms with E-state index >= 15 is 0 Å². The minimum atomic E-state index is -0.276. The maximum absolute atomic E-state index is 13.2. The van der Waals surface area contributed by atoms with Gasteiger partial charge in [0.1, 0.15) is 29.0 Å². The average molecular weight is 326 g/mol. The fraction of sp³-hybridized carbons (Fsp3) is 0.389. The van der Waals surface area contributed by atoms with Crippen LogP contribution in [0.4, 0.5) is 10.2 Å². The lowest BCUT2D eigenvalue weighted by atomic mass is 9.92. The number of hydrogen-bond donors (Lipinski definition) is 0. The molecule has 1 aromatic carbocycles. The van der Waals surface area contributed by atoms with Crippen molar-refractivity contribution in [1.82, 2.24) is 15.1 Å². The van der Waals surface area contributed by atoms with Gasteiger partial charge in [-0.15, -0.1) is 0 Å². The van der Waals surface area contributed by atoms with Crippen LogP contribution in [0, 0.1) is 17.7 Å². The van der Waals surface area contributed by atoms with E-state index < -0.39 is 0 Å². The van der Waals surface area contributed by atoms with Gasteiger partial charge < -0.3 is 9.42 Å². The maximum atomic E-state index is 13.2. The first-order valence-corrected chi connectivity index (χ1v) is 8.23. The molecule has 1 fully saturated rings. The van der Waals surface area contributed by atoms with Crippen molar-refractivity contribution in [2.24, 2.45) is 11.8 Å². The van der Waals surface area contributed by atoms with Crippen LogP contribution in [0.1, 0.15) is 20.3 Å². The number of fused-ring (bicyclic) bond motifs is 1. The fourth-order valence-electron chi connectivity index (χ4n) is 3.65. The van der Waals surface area contributed by atoms with Crippen LogP contribution in [0.25, 0.3) is 22.4 Å². The van der Waals surface area contributed by atoms with Crippen LogP contribution in [-0.2, 0) is 0 Å². The predicted octanol–water partition coefficient (Wildman–Crippen LogP) is 3.91. The third-order valence-electron chi connectivity index (χ3n) is 4.54. The van der Waals surface area contributed by atoms with Gasteiger partial charge in [0, 0.05) is 18.7 Å². The zero-order valence-corrected chi connectivity index (χ0v) is 13.7. The molecule has 3 heterocycles. The maximum Gasteiger partial charge on any atom is 0.263 e. The molecule has 124 valence electrons. The zero-order chi connectivity index (χ0) is 16.7. The molecule has 5 nitrogen and oxygen atoms in total. The number of halogens is 1. The molecule has 0 radical (unpaired) electrons. The monoisotopic (exact) mass is 326 g/mol. The first kappa shape index (κ1) is 15.1. The quantitative estimate of drug-likeness (QED) is 0.715. The molecule has 0 amide bonds. The summed E-state index contributed by atoms with van der Waals surface area (Å²) in [6.07, 6.45) is 2.74. The first-order valence-electron chi connectivity index (χ1n) is 8.23. The van der Waals surface area contributed by atoms with Crippen LogP contribution >= 0.6 is 0 Å². The number of hydrogen-bond acceptors (Lipinski definition) is 5. The highest BCUT2D eigenvalue weighted by Gasteiger charge is 2.27. The van der Waals surface area contributed by atoms with Crippen LogP contribution < -0.4 is 4.90 Å². The lowest BCUT2D eigenvalue weighted by Gasteiger charge is -2.35. The summed E-state index contributed by atoms with van der Waals surface area (Å²) in [7, 11) is 0. The van der Waals surface area contributed by atoms with Crippen molar-refractivity contribution < 1.29 is 8.91 Å². The van der Waals surface area contributed by atoms with E-state index in [0.29, 0.717) is 23.2 Å². The summed E-state index contributed by atoms with van der Waals surface area (Å²) in [5.74, 6) is 1.78. The van der Waals surface area contributed by atoms with Crippen molar-refractivity contribution in [2.45, 2.75) is 20.3 Å². The number of benzene rings is 1. The molecule has 0 unspecified atom stereocenters. The summed E-state index contributed by atoms with van der Waals surface area (Å²) in [6, 6.07) is 6.24. The Labute approximate surface area is 139 Å². The Hall–Kier alpha value is -2.50. The van der Waals surface area contributed by atoms with Crippen molar-refractivity contribution in [3.63, 3.8) is 0 Å². The second kappa shape index (κ2) is 5.85. The first-order chi connectivity index (χ1) is 11.6. The molecule has 0 aliphatic carbocycles. The van der Waals surface area contributed by atoms with Gasteiger partial charge in [0.05, 0.1) is 0 Å². The Morgan fingerprint density at radius 1 is 1.08 bits per heavy atom. The highest BCUT2D eigenvalue weighted by Crippen LogP contribution is 2.35. The highest BCUT2D eigenvalue weighted by atomic mass is 19.1. The second-order valence-corrected chi connectivity index (χ2v) is 6.77. The van der Waals surface area contributed by atoms with Gasteiger partial charge in [0.15, 0.2) is 0 Å². The molecule has 24 heavy (non-hydrogen) atoms. The summed E-state index contributed by atoms with van der Waals surface area (Å²) < 4.78 is 18.6. The summed E-state index contributed by atoms with van der Waals surface area (Å²) in [4.78, 5) is 11.0. The van der Waals surface area contributed by atoms with Gasteiger partial charge in [-0.1, -0.05) is 19.0 Å². The van der Waals surface area contributed by atoms with Gasteiger partial charge in [0.2, 0.25) is 0 Å². The van der Waals surface area contributed by atoms with Crippen molar-refractivity contribution in [1.29, 1.82) is 0 Å². The minimum Gasteiger partial charge on any atom is -0.355 e. The molecule has 2 atom stereocenters. The Morgan fingerprint density at radius 3 is 2.50 bits per heavy atom. The molecule has 0 bridgehead atoms. The Kier molecular flexibility index (Phi) is 3.67. The molecule has 1 aliphatic heterocycles. The minimum absolute atomic E-state index is 0.276. The van der Waals surface area contributed by atoms with Crippen LogP contribution in [-0.4, -0.2) is 28.2 Å². The van der Waals surface area contributed by atoms with Crippen molar-refractivity contribution in [3.8, 4) is 11.3 Å². The molecule has 1 saturated heterocycles. The molecular weight excluding hydrogens is 307 g/mol. The Morgan fingerprint density at radius 2 is 1.79 bits per heavy atom. The zero-order valence-electron chi connectivity index (χ0n) is 13.7. The Bertz CT molecular complexity index is 851. The molecule has 0 N–H and O–H groups in total.